The van der Waals surface area contributed by atoms with Gasteiger partial charge in [0.2, 0.25) is 5.91 Å². The number of amides is 1. The Morgan fingerprint density at radius 2 is 1.57 bits per heavy atom. The van der Waals surface area contributed by atoms with Gasteiger partial charge in [0, 0.05) is 17.3 Å². The van der Waals surface area contributed by atoms with Gasteiger partial charge in [-0.2, -0.15) is 0 Å². The van der Waals surface area contributed by atoms with Gasteiger partial charge in [-0.3, -0.25) is 9.78 Å². The van der Waals surface area contributed by atoms with Crippen LogP contribution >= 0.6 is 0 Å². The van der Waals surface area contributed by atoms with E-state index in [-0.39, 0.29) is 0 Å². The predicted molar refractivity (Wildman–Crippen MR) is 81.4 cm³/mol. The van der Waals surface area contributed by atoms with Gasteiger partial charge in [0.05, 0.1) is 17.1 Å². The van der Waals surface area contributed by atoms with Crippen LogP contribution in [-0.4, -0.2) is 15.9 Å². The SMILES string of the molecule is NC(=O)c1cc(-c2ccccc2)nc(-c2ccccn2)c1. The van der Waals surface area contributed by atoms with E-state index in [2.05, 4.69) is 9.97 Å². The molecule has 0 radical (unpaired) electrons. The first-order valence-corrected chi connectivity index (χ1v) is 6.53. The van der Waals surface area contributed by atoms with Gasteiger partial charge in [0.25, 0.3) is 0 Å². The highest BCUT2D eigenvalue weighted by Crippen LogP contribution is 2.23. The Morgan fingerprint density at radius 1 is 0.857 bits per heavy atom. The molecule has 0 aliphatic heterocycles. The third kappa shape index (κ3) is 2.79. The number of benzene rings is 1. The number of nitrogens with zero attached hydrogens (tertiary/aromatic N) is 2. The van der Waals surface area contributed by atoms with Crippen molar-refractivity contribution < 1.29 is 4.79 Å². The second-order valence-corrected chi connectivity index (χ2v) is 4.57. The van der Waals surface area contributed by atoms with Crippen LogP contribution in [0.15, 0.2) is 66.9 Å². The van der Waals surface area contributed by atoms with E-state index < -0.39 is 5.91 Å². The number of hydrogen-bond donors (Lipinski definition) is 1. The molecule has 4 nitrogen and oxygen atoms in total. The smallest absolute Gasteiger partial charge is 0.248 e. The van der Waals surface area contributed by atoms with Crippen LogP contribution in [0.5, 0.6) is 0 Å². The van der Waals surface area contributed by atoms with Crippen LogP contribution in [0.3, 0.4) is 0 Å². The molecule has 2 heterocycles. The van der Waals surface area contributed by atoms with E-state index in [1.807, 2.05) is 48.5 Å². The highest BCUT2D eigenvalue weighted by atomic mass is 16.1. The quantitative estimate of drug-likeness (QED) is 0.799. The zero-order chi connectivity index (χ0) is 14.7. The largest absolute Gasteiger partial charge is 0.366 e. The molecular formula is C17H13N3O. The maximum atomic E-state index is 11.5. The summed E-state index contributed by atoms with van der Waals surface area (Å²) in [4.78, 5) is 20.4. The minimum Gasteiger partial charge on any atom is -0.366 e. The fourth-order valence-corrected chi connectivity index (χ4v) is 2.08. The molecule has 4 heteroatoms. The van der Waals surface area contributed by atoms with E-state index in [9.17, 15) is 4.79 Å². The Labute approximate surface area is 122 Å². The number of aromatic nitrogens is 2. The average Bonchev–Trinajstić information content (AvgIpc) is 2.56. The van der Waals surface area contributed by atoms with Crippen LogP contribution in [-0.2, 0) is 0 Å². The molecule has 2 N–H and O–H groups in total. The Kier molecular flexibility index (Phi) is 3.43. The summed E-state index contributed by atoms with van der Waals surface area (Å²) in [6, 6.07) is 18.6. The lowest BCUT2D eigenvalue weighted by molar-refractivity contribution is 0.100. The Bertz CT molecular complexity index is 713. The van der Waals surface area contributed by atoms with Crippen molar-refractivity contribution in [2.45, 2.75) is 0 Å². The summed E-state index contributed by atoms with van der Waals surface area (Å²) in [6.45, 7) is 0. The van der Waals surface area contributed by atoms with Gasteiger partial charge in [-0.05, 0) is 24.3 Å². The van der Waals surface area contributed by atoms with Gasteiger partial charge in [0.15, 0.2) is 0 Å². The van der Waals surface area contributed by atoms with E-state index in [1.165, 1.54) is 0 Å². The van der Waals surface area contributed by atoms with Crippen LogP contribution in [0.2, 0.25) is 0 Å². The Balaban J connectivity index is 2.18. The number of pyridine rings is 2. The molecular weight excluding hydrogens is 262 g/mol. The minimum absolute atomic E-state index is 0.421. The molecule has 1 aromatic carbocycles. The van der Waals surface area contributed by atoms with Gasteiger partial charge in [-0.25, -0.2) is 4.98 Å². The van der Waals surface area contributed by atoms with Gasteiger partial charge in [0.1, 0.15) is 0 Å². The third-order valence-electron chi connectivity index (χ3n) is 3.11. The van der Waals surface area contributed by atoms with Crippen LogP contribution in [0.1, 0.15) is 10.4 Å². The van der Waals surface area contributed by atoms with E-state index >= 15 is 0 Å². The van der Waals surface area contributed by atoms with Crippen LogP contribution in [0, 0.1) is 0 Å². The lowest BCUT2D eigenvalue weighted by Gasteiger charge is -2.07. The average molecular weight is 275 g/mol. The zero-order valence-corrected chi connectivity index (χ0v) is 11.2. The molecule has 0 spiro atoms. The molecule has 0 aliphatic rings. The standard InChI is InChI=1S/C17H13N3O/c18-17(21)13-10-15(12-6-2-1-3-7-12)20-16(11-13)14-8-4-5-9-19-14/h1-11H,(H2,18,21). The normalized spacial score (nSPS) is 10.3. The van der Waals surface area contributed by atoms with Crippen LogP contribution in [0.4, 0.5) is 0 Å². The maximum absolute atomic E-state index is 11.5. The summed E-state index contributed by atoms with van der Waals surface area (Å²) < 4.78 is 0. The molecule has 0 saturated heterocycles. The molecule has 0 fully saturated rings. The Morgan fingerprint density at radius 3 is 2.24 bits per heavy atom. The fourth-order valence-electron chi connectivity index (χ4n) is 2.08. The third-order valence-corrected chi connectivity index (χ3v) is 3.11. The molecule has 2 aromatic heterocycles. The summed E-state index contributed by atoms with van der Waals surface area (Å²) in [6.07, 6.45) is 1.69. The summed E-state index contributed by atoms with van der Waals surface area (Å²) in [5.74, 6) is -0.480. The highest BCUT2D eigenvalue weighted by Gasteiger charge is 2.10. The molecule has 21 heavy (non-hydrogen) atoms. The van der Waals surface area contributed by atoms with Crippen molar-refractivity contribution in [3.63, 3.8) is 0 Å². The van der Waals surface area contributed by atoms with Gasteiger partial charge in [-0.15, -0.1) is 0 Å². The van der Waals surface area contributed by atoms with Gasteiger partial charge < -0.3 is 5.73 Å². The van der Waals surface area contributed by atoms with E-state index in [0.717, 1.165) is 5.56 Å². The fraction of sp³-hybridized carbons (Fsp3) is 0. The molecule has 102 valence electrons. The first kappa shape index (κ1) is 13.0. The topological polar surface area (TPSA) is 68.9 Å². The number of carbonyl (C=O) groups excluding carboxylic acids is 1. The van der Waals surface area contributed by atoms with Crippen LogP contribution in [0.25, 0.3) is 22.6 Å². The van der Waals surface area contributed by atoms with Gasteiger partial charge >= 0.3 is 0 Å². The summed E-state index contributed by atoms with van der Waals surface area (Å²) in [7, 11) is 0. The van der Waals surface area contributed by atoms with Crippen molar-refractivity contribution in [3.05, 3.63) is 72.4 Å². The monoisotopic (exact) mass is 275 g/mol. The number of nitrogens with two attached hydrogens (primary N) is 1. The van der Waals surface area contributed by atoms with Crippen molar-refractivity contribution in [1.29, 1.82) is 0 Å². The van der Waals surface area contributed by atoms with Crippen molar-refractivity contribution in [1.82, 2.24) is 9.97 Å². The summed E-state index contributed by atoms with van der Waals surface area (Å²) in [5, 5.41) is 0. The zero-order valence-electron chi connectivity index (χ0n) is 11.2. The van der Waals surface area contributed by atoms with E-state index in [4.69, 9.17) is 5.73 Å². The van der Waals surface area contributed by atoms with Crippen molar-refractivity contribution >= 4 is 5.91 Å². The van der Waals surface area contributed by atoms with Gasteiger partial charge in [-0.1, -0.05) is 36.4 Å². The number of rotatable bonds is 3. The molecule has 1 amide bonds. The van der Waals surface area contributed by atoms with Crippen molar-refractivity contribution in [2.24, 2.45) is 5.73 Å². The Hall–Kier alpha value is -3.01. The lowest BCUT2D eigenvalue weighted by atomic mass is 10.1. The van der Waals surface area contributed by atoms with E-state index in [0.29, 0.717) is 22.6 Å². The number of carbonyl (C=O) groups is 1. The molecule has 0 bridgehead atoms. The molecule has 3 rings (SSSR count). The first-order chi connectivity index (χ1) is 10.2. The minimum atomic E-state index is -0.480. The van der Waals surface area contributed by atoms with Crippen molar-refractivity contribution in [3.8, 4) is 22.6 Å². The number of primary amides is 1. The molecule has 0 atom stereocenters. The molecule has 0 saturated carbocycles. The second kappa shape index (κ2) is 5.54. The summed E-state index contributed by atoms with van der Waals surface area (Å²) in [5.41, 5.74) is 8.81. The first-order valence-electron chi connectivity index (χ1n) is 6.53. The van der Waals surface area contributed by atoms with Crippen molar-refractivity contribution in [2.75, 3.05) is 0 Å². The van der Waals surface area contributed by atoms with Crippen LogP contribution < -0.4 is 5.73 Å². The molecule has 0 aliphatic carbocycles. The molecule has 3 aromatic rings. The molecule has 0 unspecified atom stereocenters. The predicted octanol–water partition coefficient (Wildman–Crippen LogP) is 2.91. The maximum Gasteiger partial charge on any atom is 0.248 e. The summed E-state index contributed by atoms with van der Waals surface area (Å²) >= 11 is 0. The lowest BCUT2D eigenvalue weighted by Crippen LogP contribution is -2.11. The highest BCUT2D eigenvalue weighted by molar-refractivity contribution is 5.95. The number of hydrogen-bond acceptors (Lipinski definition) is 3. The van der Waals surface area contributed by atoms with E-state index in [1.54, 1.807) is 18.3 Å². The second-order valence-electron chi connectivity index (χ2n) is 4.57.